The maximum atomic E-state index is 10.7. The Bertz CT molecular complexity index is 987. The number of aliphatic carboxylic acids is 1. The molecule has 1 heterocycles. The highest BCUT2D eigenvalue weighted by molar-refractivity contribution is 5.77. The topological polar surface area (TPSA) is 84.3 Å². The van der Waals surface area contributed by atoms with Gasteiger partial charge in [0.2, 0.25) is 0 Å². The molecule has 1 fully saturated rings. The summed E-state index contributed by atoms with van der Waals surface area (Å²) in [6.07, 6.45) is 5.57. The van der Waals surface area contributed by atoms with Crippen LogP contribution in [0, 0.1) is 0 Å². The van der Waals surface area contributed by atoms with Crippen molar-refractivity contribution in [2.45, 2.75) is 44.4 Å². The van der Waals surface area contributed by atoms with Crippen molar-refractivity contribution in [2.75, 3.05) is 6.61 Å². The van der Waals surface area contributed by atoms with E-state index >= 15 is 0 Å². The van der Waals surface area contributed by atoms with Crippen LogP contribution in [0.3, 0.4) is 0 Å². The van der Waals surface area contributed by atoms with E-state index in [1.54, 1.807) is 0 Å². The lowest BCUT2D eigenvalue weighted by molar-refractivity contribution is -0.145. The highest BCUT2D eigenvalue weighted by Gasteiger charge is 2.22. The number of nitrogens with zero attached hydrogens (tertiary/aromatic N) is 2. The van der Waals surface area contributed by atoms with E-state index in [0.29, 0.717) is 12.6 Å². The first-order valence-corrected chi connectivity index (χ1v) is 10.7. The highest BCUT2D eigenvalue weighted by atomic mass is 16.5. The molecule has 0 atom stereocenters. The molecule has 0 aliphatic heterocycles. The molecule has 1 aliphatic rings. The molecule has 3 aromatic rings. The van der Waals surface area contributed by atoms with Gasteiger partial charge in [-0.2, -0.15) is 0 Å². The third-order valence-corrected chi connectivity index (χ3v) is 5.61. The van der Waals surface area contributed by atoms with Crippen LogP contribution in [0.5, 0.6) is 0 Å². The second kappa shape index (κ2) is 10.3. The van der Waals surface area contributed by atoms with E-state index in [-0.39, 0.29) is 12.7 Å². The normalized spacial score (nSPS) is 18.6. The fourth-order valence-corrected chi connectivity index (χ4v) is 3.99. The summed E-state index contributed by atoms with van der Waals surface area (Å²) >= 11 is 0. The minimum atomic E-state index is -0.910. The maximum Gasteiger partial charge on any atom is 0.329 e. The zero-order valence-corrected chi connectivity index (χ0v) is 17.4. The molecule has 2 N–H and O–H groups in total. The SMILES string of the molecule is O=C(O)CO[C@H]1CC[C@@H](NCc2cnc(-c3ccccc3)c(-c3ccccc3)n2)CC1. The average molecular weight is 418 g/mol. The van der Waals surface area contributed by atoms with Crippen LogP contribution in [0.2, 0.25) is 0 Å². The molecule has 1 aromatic heterocycles. The molecule has 2 aromatic carbocycles. The fraction of sp³-hybridized carbons (Fsp3) is 0.320. The van der Waals surface area contributed by atoms with Crippen LogP contribution in [0.25, 0.3) is 22.5 Å². The average Bonchev–Trinajstić information content (AvgIpc) is 2.83. The van der Waals surface area contributed by atoms with Gasteiger partial charge in [0.25, 0.3) is 0 Å². The molecule has 0 spiro atoms. The van der Waals surface area contributed by atoms with Crippen molar-refractivity contribution >= 4 is 5.97 Å². The molecule has 0 amide bonds. The van der Waals surface area contributed by atoms with Gasteiger partial charge in [-0.3, -0.25) is 4.98 Å². The Balaban J connectivity index is 1.43. The number of rotatable bonds is 8. The molecule has 4 rings (SSSR count). The summed E-state index contributed by atoms with van der Waals surface area (Å²) in [5, 5.41) is 12.3. The second-order valence-electron chi connectivity index (χ2n) is 7.85. The van der Waals surface area contributed by atoms with Gasteiger partial charge in [0.1, 0.15) is 6.61 Å². The third-order valence-electron chi connectivity index (χ3n) is 5.61. The monoisotopic (exact) mass is 417 g/mol. The van der Waals surface area contributed by atoms with Crippen LogP contribution in [0.15, 0.2) is 66.9 Å². The maximum absolute atomic E-state index is 10.7. The van der Waals surface area contributed by atoms with Crippen molar-refractivity contribution in [1.82, 2.24) is 15.3 Å². The van der Waals surface area contributed by atoms with Gasteiger partial charge in [-0.15, -0.1) is 0 Å². The predicted molar refractivity (Wildman–Crippen MR) is 119 cm³/mol. The standard InChI is InChI=1S/C25H27N3O3/c29-23(30)17-31-22-13-11-20(12-14-22)26-15-21-16-27-24(18-7-3-1-4-8-18)25(28-21)19-9-5-2-6-10-19/h1-10,16,20,22,26H,11-15,17H2,(H,29,30)/t20-,22+. The molecule has 0 radical (unpaired) electrons. The Hall–Kier alpha value is -3.09. The summed E-state index contributed by atoms with van der Waals surface area (Å²) < 4.78 is 5.43. The third kappa shape index (κ3) is 5.75. The minimum Gasteiger partial charge on any atom is -0.480 e. The van der Waals surface area contributed by atoms with Crippen LogP contribution < -0.4 is 5.32 Å². The van der Waals surface area contributed by atoms with Crippen LogP contribution in [-0.4, -0.2) is 39.8 Å². The minimum absolute atomic E-state index is 0.0452. The Morgan fingerprint density at radius 3 is 2.16 bits per heavy atom. The van der Waals surface area contributed by atoms with Crippen LogP contribution in [0.1, 0.15) is 31.4 Å². The van der Waals surface area contributed by atoms with E-state index in [4.69, 9.17) is 19.8 Å². The summed E-state index contributed by atoms with van der Waals surface area (Å²) in [6, 6.07) is 20.7. The molecular formula is C25H27N3O3. The van der Waals surface area contributed by atoms with Crippen molar-refractivity contribution in [3.05, 3.63) is 72.6 Å². The number of carboxylic acid groups (broad SMARTS) is 1. The van der Waals surface area contributed by atoms with Crippen LogP contribution in [0.4, 0.5) is 0 Å². The lowest BCUT2D eigenvalue weighted by Gasteiger charge is -2.28. The molecule has 0 unspecified atom stereocenters. The van der Waals surface area contributed by atoms with Gasteiger partial charge >= 0.3 is 5.97 Å². The number of carbonyl (C=O) groups is 1. The highest BCUT2D eigenvalue weighted by Crippen LogP contribution is 2.29. The molecule has 1 aliphatic carbocycles. The number of aromatic nitrogens is 2. The van der Waals surface area contributed by atoms with E-state index < -0.39 is 5.97 Å². The molecular weight excluding hydrogens is 390 g/mol. The molecule has 31 heavy (non-hydrogen) atoms. The quantitative estimate of drug-likeness (QED) is 0.568. The van der Waals surface area contributed by atoms with Gasteiger partial charge < -0.3 is 15.2 Å². The summed E-state index contributed by atoms with van der Waals surface area (Å²) in [7, 11) is 0. The van der Waals surface area contributed by atoms with Crippen molar-refractivity contribution in [3.8, 4) is 22.5 Å². The van der Waals surface area contributed by atoms with Crippen molar-refractivity contribution in [3.63, 3.8) is 0 Å². The van der Waals surface area contributed by atoms with E-state index in [1.165, 1.54) is 0 Å². The Kier molecular flexibility index (Phi) is 7.02. The van der Waals surface area contributed by atoms with Gasteiger partial charge in [-0.25, -0.2) is 9.78 Å². The molecule has 6 nitrogen and oxygen atoms in total. The van der Waals surface area contributed by atoms with Gasteiger partial charge in [-0.1, -0.05) is 60.7 Å². The van der Waals surface area contributed by atoms with E-state index in [0.717, 1.165) is 53.9 Å². The molecule has 6 heteroatoms. The summed E-state index contributed by atoms with van der Waals surface area (Å²) in [6.45, 7) is 0.432. The summed E-state index contributed by atoms with van der Waals surface area (Å²) in [5.41, 5.74) is 4.77. The Labute approximate surface area is 182 Å². The summed E-state index contributed by atoms with van der Waals surface area (Å²) in [5.74, 6) is -0.910. The van der Waals surface area contributed by atoms with E-state index in [9.17, 15) is 4.79 Å². The van der Waals surface area contributed by atoms with Gasteiger partial charge in [0.05, 0.1) is 29.4 Å². The van der Waals surface area contributed by atoms with E-state index in [1.807, 2.05) is 42.6 Å². The number of carboxylic acids is 1. The largest absolute Gasteiger partial charge is 0.480 e. The predicted octanol–water partition coefficient (Wildman–Crippen LogP) is 4.31. The molecule has 160 valence electrons. The lowest BCUT2D eigenvalue weighted by atomic mass is 9.93. The van der Waals surface area contributed by atoms with Crippen molar-refractivity contribution in [2.24, 2.45) is 0 Å². The zero-order chi connectivity index (χ0) is 21.5. The first-order chi connectivity index (χ1) is 15.2. The van der Waals surface area contributed by atoms with Gasteiger partial charge in [0, 0.05) is 23.7 Å². The molecule has 0 saturated heterocycles. The zero-order valence-electron chi connectivity index (χ0n) is 17.4. The molecule has 0 bridgehead atoms. The van der Waals surface area contributed by atoms with Crippen LogP contribution >= 0.6 is 0 Å². The van der Waals surface area contributed by atoms with Crippen molar-refractivity contribution < 1.29 is 14.6 Å². The number of hydrogen-bond donors (Lipinski definition) is 2. The first kappa shape index (κ1) is 21.2. The number of benzene rings is 2. The van der Waals surface area contributed by atoms with Crippen molar-refractivity contribution in [1.29, 1.82) is 0 Å². The number of ether oxygens (including phenoxy) is 1. The Morgan fingerprint density at radius 1 is 0.935 bits per heavy atom. The fourth-order valence-electron chi connectivity index (χ4n) is 3.99. The number of hydrogen-bond acceptors (Lipinski definition) is 5. The second-order valence-corrected chi connectivity index (χ2v) is 7.85. The number of nitrogens with one attached hydrogen (secondary N) is 1. The Morgan fingerprint density at radius 2 is 1.55 bits per heavy atom. The van der Waals surface area contributed by atoms with Crippen LogP contribution in [-0.2, 0) is 16.1 Å². The first-order valence-electron chi connectivity index (χ1n) is 10.7. The molecule has 1 saturated carbocycles. The van der Waals surface area contributed by atoms with E-state index in [2.05, 4.69) is 29.6 Å². The summed E-state index contributed by atoms with van der Waals surface area (Å²) in [4.78, 5) is 20.4. The smallest absolute Gasteiger partial charge is 0.329 e. The van der Waals surface area contributed by atoms with Gasteiger partial charge in [-0.05, 0) is 25.7 Å². The van der Waals surface area contributed by atoms with Gasteiger partial charge in [0.15, 0.2) is 0 Å². The lowest BCUT2D eigenvalue weighted by Crippen LogP contribution is -2.35.